The first-order valence-electron chi connectivity index (χ1n) is 6.37. The van der Waals surface area contributed by atoms with Gasteiger partial charge in [0.2, 0.25) is 0 Å². The molecule has 0 aliphatic rings. The molecule has 5 nitrogen and oxygen atoms in total. The third-order valence-electron chi connectivity index (χ3n) is 3.04. The molecular weight excluding hydrogens is 271 g/mol. The number of rotatable bonds is 4. The Labute approximate surface area is 122 Å². The number of hydrazine groups is 1. The zero-order valence-electron chi connectivity index (χ0n) is 11.9. The van der Waals surface area contributed by atoms with Gasteiger partial charge in [0.15, 0.2) is 0 Å². The second-order valence-electron chi connectivity index (χ2n) is 4.70. The van der Waals surface area contributed by atoms with Crippen LogP contribution in [-0.2, 0) is 0 Å². The summed E-state index contributed by atoms with van der Waals surface area (Å²) in [5.41, 5.74) is 3.97. The second kappa shape index (κ2) is 6.23. The average Bonchev–Trinajstić information content (AvgIpc) is 2.47. The molecule has 0 unspecified atom stereocenters. The van der Waals surface area contributed by atoms with Crippen molar-refractivity contribution in [3.63, 3.8) is 0 Å². The molecule has 2 rings (SSSR count). The van der Waals surface area contributed by atoms with Crippen molar-refractivity contribution in [3.05, 3.63) is 53.8 Å². The van der Waals surface area contributed by atoms with Gasteiger partial charge >= 0.3 is 0 Å². The molecule has 0 saturated heterocycles. The average molecular weight is 288 g/mol. The molecule has 0 aromatic heterocycles. The number of halogens is 1. The van der Waals surface area contributed by atoms with E-state index in [2.05, 4.69) is 10.7 Å². The van der Waals surface area contributed by atoms with E-state index >= 15 is 0 Å². The van der Waals surface area contributed by atoms with Crippen LogP contribution in [0.2, 0.25) is 0 Å². The van der Waals surface area contributed by atoms with E-state index < -0.39 is 11.7 Å². The number of benzene rings is 2. The lowest BCUT2D eigenvalue weighted by Gasteiger charge is -2.14. The molecule has 0 atom stereocenters. The maximum atomic E-state index is 13.6. The van der Waals surface area contributed by atoms with Gasteiger partial charge in [-0.25, -0.2) is 4.39 Å². The van der Waals surface area contributed by atoms with Gasteiger partial charge in [-0.2, -0.15) is 0 Å². The molecule has 0 aliphatic heterocycles. The van der Waals surface area contributed by atoms with Gasteiger partial charge in [-0.05, 0) is 36.4 Å². The SMILES string of the molecule is CN(C)c1ccc(NC(=O)c2cccc(F)c2NN)cc1. The van der Waals surface area contributed by atoms with E-state index in [1.165, 1.54) is 18.2 Å². The van der Waals surface area contributed by atoms with E-state index in [1.54, 1.807) is 12.1 Å². The summed E-state index contributed by atoms with van der Waals surface area (Å²) in [6, 6.07) is 11.5. The zero-order valence-corrected chi connectivity index (χ0v) is 11.9. The van der Waals surface area contributed by atoms with E-state index in [1.807, 2.05) is 31.1 Å². The number of nitrogens with two attached hydrogens (primary N) is 1. The molecule has 0 aliphatic carbocycles. The van der Waals surface area contributed by atoms with Crippen LogP contribution >= 0.6 is 0 Å². The van der Waals surface area contributed by atoms with Crippen molar-refractivity contribution < 1.29 is 9.18 Å². The van der Waals surface area contributed by atoms with Crippen LogP contribution in [-0.4, -0.2) is 20.0 Å². The van der Waals surface area contributed by atoms with Crippen LogP contribution in [0, 0.1) is 5.82 Å². The number of anilines is 3. The maximum absolute atomic E-state index is 13.6. The highest BCUT2D eigenvalue weighted by atomic mass is 19.1. The minimum atomic E-state index is -0.576. The van der Waals surface area contributed by atoms with Gasteiger partial charge in [-0.1, -0.05) is 6.07 Å². The smallest absolute Gasteiger partial charge is 0.257 e. The normalized spacial score (nSPS) is 10.1. The summed E-state index contributed by atoms with van der Waals surface area (Å²) in [4.78, 5) is 14.1. The Kier molecular flexibility index (Phi) is 4.39. The summed E-state index contributed by atoms with van der Waals surface area (Å²) in [6.45, 7) is 0. The second-order valence-corrected chi connectivity index (χ2v) is 4.70. The Bertz CT molecular complexity index is 641. The molecule has 0 saturated carbocycles. The minimum absolute atomic E-state index is 0.0279. The van der Waals surface area contributed by atoms with Crippen LogP contribution in [0.3, 0.4) is 0 Å². The van der Waals surface area contributed by atoms with Crippen LogP contribution in [0.25, 0.3) is 0 Å². The molecule has 0 fully saturated rings. The van der Waals surface area contributed by atoms with Crippen LogP contribution in [0.5, 0.6) is 0 Å². The van der Waals surface area contributed by atoms with Gasteiger partial charge in [0.05, 0.1) is 11.3 Å². The van der Waals surface area contributed by atoms with Crippen molar-refractivity contribution in [2.45, 2.75) is 0 Å². The molecule has 1 amide bonds. The number of nitrogens with one attached hydrogen (secondary N) is 2. The summed E-state index contributed by atoms with van der Waals surface area (Å²) in [6.07, 6.45) is 0. The Hall–Kier alpha value is -2.60. The van der Waals surface area contributed by atoms with Gasteiger partial charge < -0.3 is 15.6 Å². The van der Waals surface area contributed by atoms with E-state index in [9.17, 15) is 9.18 Å². The first-order chi connectivity index (χ1) is 10.0. The fourth-order valence-corrected chi connectivity index (χ4v) is 1.90. The molecule has 4 N–H and O–H groups in total. The van der Waals surface area contributed by atoms with Crippen molar-refractivity contribution >= 4 is 23.0 Å². The van der Waals surface area contributed by atoms with Crippen LogP contribution in [0.1, 0.15) is 10.4 Å². The van der Waals surface area contributed by atoms with Crippen molar-refractivity contribution in [1.29, 1.82) is 0 Å². The molecule has 110 valence electrons. The third-order valence-corrected chi connectivity index (χ3v) is 3.04. The molecule has 21 heavy (non-hydrogen) atoms. The maximum Gasteiger partial charge on any atom is 0.257 e. The largest absolute Gasteiger partial charge is 0.378 e. The van der Waals surface area contributed by atoms with E-state index in [0.29, 0.717) is 5.69 Å². The van der Waals surface area contributed by atoms with Crippen LogP contribution < -0.4 is 21.5 Å². The van der Waals surface area contributed by atoms with Crippen molar-refractivity contribution in [2.24, 2.45) is 5.84 Å². The quantitative estimate of drug-likeness (QED) is 0.597. The van der Waals surface area contributed by atoms with Crippen molar-refractivity contribution in [3.8, 4) is 0 Å². The predicted octanol–water partition coefficient (Wildman–Crippen LogP) is 2.43. The molecule has 0 radical (unpaired) electrons. The first kappa shape index (κ1) is 14.8. The lowest BCUT2D eigenvalue weighted by atomic mass is 10.1. The number of nitrogens with zero attached hydrogens (tertiary/aromatic N) is 1. The summed E-state index contributed by atoms with van der Waals surface area (Å²) in [5.74, 6) is 4.25. The Balaban J connectivity index is 2.20. The number of carbonyl (C=O) groups excluding carboxylic acids is 1. The zero-order chi connectivity index (χ0) is 15.4. The molecule has 6 heteroatoms. The Morgan fingerprint density at radius 3 is 2.38 bits per heavy atom. The van der Waals surface area contributed by atoms with Crippen LogP contribution in [0.15, 0.2) is 42.5 Å². The Morgan fingerprint density at radius 1 is 1.14 bits per heavy atom. The summed E-state index contributed by atoms with van der Waals surface area (Å²) < 4.78 is 13.6. The predicted molar refractivity (Wildman–Crippen MR) is 82.9 cm³/mol. The molecule has 0 bridgehead atoms. The van der Waals surface area contributed by atoms with Gasteiger partial charge in [0.25, 0.3) is 5.91 Å². The van der Waals surface area contributed by atoms with Crippen molar-refractivity contribution in [1.82, 2.24) is 0 Å². The molecule has 2 aromatic rings. The van der Waals surface area contributed by atoms with E-state index in [0.717, 1.165) is 5.69 Å². The highest BCUT2D eigenvalue weighted by molar-refractivity contribution is 6.08. The van der Waals surface area contributed by atoms with Crippen molar-refractivity contribution in [2.75, 3.05) is 29.7 Å². The number of nitrogen functional groups attached to an aromatic ring is 1. The fourth-order valence-electron chi connectivity index (χ4n) is 1.90. The van der Waals surface area contributed by atoms with Gasteiger partial charge in [-0.15, -0.1) is 0 Å². The number of hydrogen-bond acceptors (Lipinski definition) is 4. The third kappa shape index (κ3) is 3.29. The Morgan fingerprint density at radius 2 is 1.81 bits per heavy atom. The minimum Gasteiger partial charge on any atom is -0.378 e. The topological polar surface area (TPSA) is 70.4 Å². The first-order valence-corrected chi connectivity index (χ1v) is 6.37. The molecule has 0 spiro atoms. The molecular formula is C15H17FN4O. The monoisotopic (exact) mass is 288 g/mol. The summed E-state index contributed by atoms with van der Waals surface area (Å²) in [7, 11) is 3.86. The van der Waals surface area contributed by atoms with E-state index in [-0.39, 0.29) is 11.3 Å². The molecule has 2 aromatic carbocycles. The summed E-state index contributed by atoms with van der Waals surface area (Å²) in [5, 5.41) is 2.71. The molecule has 0 heterocycles. The highest BCUT2D eigenvalue weighted by Gasteiger charge is 2.14. The standard InChI is InChI=1S/C15H17FN4O/c1-20(2)11-8-6-10(7-9-11)18-15(21)12-4-3-5-13(16)14(12)19-17/h3-9,19H,17H2,1-2H3,(H,18,21). The lowest BCUT2D eigenvalue weighted by Crippen LogP contribution is -2.18. The number of hydrogen-bond donors (Lipinski definition) is 3. The number of amides is 1. The lowest BCUT2D eigenvalue weighted by molar-refractivity contribution is 0.102. The number of carbonyl (C=O) groups is 1. The fraction of sp³-hybridized carbons (Fsp3) is 0.133. The van der Waals surface area contributed by atoms with E-state index in [4.69, 9.17) is 5.84 Å². The summed E-state index contributed by atoms with van der Waals surface area (Å²) >= 11 is 0. The van der Waals surface area contributed by atoms with Gasteiger partial charge in [0.1, 0.15) is 5.82 Å². The van der Waals surface area contributed by atoms with Gasteiger partial charge in [0, 0.05) is 25.5 Å². The van der Waals surface area contributed by atoms with Gasteiger partial charge in [-0.3, -0.25) is 10.6 Å². The number of para-hydroxylation sites is 1. The van der Waals surface area contributed by atoms with Crippen LogP contribution in [0.4, 0.5) is 21.5 Å². The highest BCUT2D eigenvalue weighted by Crippen LogP contribution is 2.21.